The van der Waals surface area contributed by atoms with Crippen molar-refractivity contribution in [3.05, 3.63) is 48.0 Å². The van der Waals surface area contributed by atoms with Gasteiger partial charge in [0.1, 0.15) is 29.8 Å². The van der Waals surface area contributed by atoms with Gasteiger partial charge in [0.15, 0.2) is 6.29 Å². The van der Waals surface area contributed by atoms with E-state index in [0.29, 0.717) is 41.5 Å². The summed E-state index contributed by atoms with van der Waals surface area (Å²) in [5.41, 5.74) is 2.69. The van der Waals surface area contributed by atoms with Crippen LogP contribution in [0.25, 0.3) is 10.9 Å². The Morgan fingerprint density at radius 3 is 2.68 bits per heavy atom. The van der Waals surface area contributed by atoms with Crippen LogP contribution in [-0.4, -0.2) is 52.8 Å². The van der Waals surface area contributed by atoms with Gasteiger partial charge >= 0.3 is 0 Å². The summed E-state index contributed by atoms with van der Waals surface area (Å²) in [5.74, 6) is 0.514. The smallest absolute Gasteiger partial charge is 0.157 e. The number of hydrogen-bond donors (Lipinski definition) is 1. The number of methoxy groups -OCH3 is 1. The van der Waals surface area contributed by atoms with Crippen LogP contribution in [0.2, 0.25) is 0 Å². The lowest BCUT2D eigenvalue weighted by atomic mass is 10.1. The lowest BCUT2D eigenvalue weighted by molar-refractivity contribution is -0.168. The van der Waals surface area contributed by atoms with Crippen molar-refractivity contribution in [2.45, 2.75) is 39.6 Å². The maximum absolute atomic E-state index is 14.0. The van der Waals surface area contributed by atoms with Crippen LogP contribution in [0.1, 0.15) is 25.8 Å². The van der Waals surface area contributed by atoms with Gasteiger partial charge in [0.05, 0.1) is 23.5 Å². The first kappa shape index (κ1) is 25.8. The van der Waals surface area contributed by atoms with Crippen molar-refractivity contribution >= 4 is 37.8 Å². The van der Waals surface area contributed by atoms with Crippen molar-refractivity contribution in [1.82, 2.24) is 9.97 Å². The molecule has 0 saturated carbocycles. The van der Waals surface area contributed by atoms with Gasteiger partial charge in [0.2, 0.25) is 0 Å². The minimum absolute atomic E-state index is 0. The monoisotopic (exact) mass is 490 g/mol. The molecule has 0 amide bonds. The molecule has 0 radical (unpaired) electrons. The van der Waals surface area contributed by atoms with Crippen molar-refractivity contribution in [3.8, 4) is 5.75 Å². The molecule has 0 bridgehead atoms. The Morgan fingerprint density at radius 2 is 2.00 bits per heavy atom. The molecule has 1 aliphatic heterocycles. The summed E-state index contributed by atoms with van der Waals surface area (Å²) in [6.07, 6.45) is 5.58. The van der Waals surface area contributed by atoms with Crippen molar-refractivity contribution < 1.29 is 22.8 Å². The maximum Gasteiger partial charge on any atom is 0.157 e. The number of rotatable bonds is 6. The molecule has 184 valence electrons. The Balaban J connectivity index is 0.00000324. The van der Waals surface area contributed by atoms with Crippen LogP contribution in [0.3, 0.4) is 0 Å². The van der Waals surface area contributed by atoms with Gasteiger partial charge in [-0.1, -0.05) is 7.43 Å². The molecular formula is C24H31FN4O4S. The second kappa shape index (κ2) is 10.6. The predicted molar refractivity (Wildman–Crippen MR) is 133 cm³/mol. The topological polar surface area (TPSA) is 94.9 Å². The first-order valence-electron chi connectivity index (χ1n) is 10.5. The molecule has 0 aliphatic carbocycles. The number of benzene rings is 2. The third-order valence-corrected chi connectivity index (χ3v) is 5.84. The van der Waals surface area contributed by atoms with E-state index >= 15 is 0 Å². The molecule has 1 saturated heterocycles. The van der Waals surface area contributed by atoms with Gasteiger partial charge in [-0.3, -0.25) is 0 Å². The van der Waals surface area contributed by atoms with Gasteiger partial charge in [0.25, 0.3) is 0 Å². The van der Waals surface area contributed by atoms with E-state index in [0.717, 1.165) is 17.4 Å². The number of ether oxygens (including phenoxy) is 3. The van der Waals surface area contributed by atoms with Crippen LogP contribution in [-0.2, 0) is 19.2 Å². The normalized spacial score (nSPS) is 18.3. The van der Waals surface area contributed by atoms with E-state index in [2.05, 4.69) is 19.6 Å². The van der Waals surface area contributed by atoms with Crippen LogP contribution in [0, 0.1) is 12.7 Å². The molecule has 1 aliphatic rings. The zero-order valence-electron chi connectivity index (χ0n) is 19.0. The molecule has 1 fully saturated rings. The molecule has 2 aromatic carbocycles. The van der Waals surface area contributed by atoms with Gasteiger partial charge < -0.3 is 19.5 Å². The first-order valence-corrected chi connectivity index (χ1v) is 12.8. The van der Waals surface area contributed by atoms with Gasteiger partial charge in [-0.25, -0.2) is 18.6 Å². The summed E-state index contributed by atoms with van der Waals surface area (Å²) < 4.78 is 47.3. The highest BCUT2D eigenvalue weighted by Crippen LogP contribution is 2.34. The highest BCUT2D eigenvalue weighted by molar-refractivity contribution is 7.92. The predicted octanol–water partition coefficient (Wildman–Crippen LogP) is 5.35. The molecule has 8 nitrogen and oxygen atoms in total. The molecule has 1 N–H and O–H groups in total. The van der Waals surface area contributed by atoms with Crippen LogP contribution < -0.4 is 10.1 Å². The van der Waals surface area contributed by atoms with E-state index in [4.69, 9.17) is 14.2 Å². The number of nitrogens with zero attached hydrogens (tertiary/aromatic N) is 3. The van der Waals surface area contributed by atoms with Crippen LogP contribution >= 0.6 is 0 Å². The molecule has 3 aromatic rings. The number of nitrogens with one attached hydrogen (secondary N) is 1. The van der Waals surface area contributed by atoms with Crippen LogP contribution in [0.15, 0.2) is 41.0 Å². The maximum atomic E-state index is 14.0. The highest BCUT2D eigenvalue weighted by Gasteiger charge is 2.24. The molecule has 34 heavy (non-hydrogen) atoms. The Bertz CT molecular complexity index is 1280. The summed E-state index contributed by atoms with van der Waals surface area (Å²) in [4.78, 5) is 8.76. The Kier molecular flexibility index (Phi) is 8.06. The summed E-state index contributed by atoms with van der Waals surface area (Å²) in [6.45, 7) is 2.27. The van der Waals surface area contributed by atoms with E-state index < -0.39 is 15.5 Å². The van der Waals surface area contributed by atoms with Gasteiger partial charge in [-0.05, 0) is 43.2 Å². The average molecular weight is 491 g/mol. The summed E-state index contributed by atoms with van der Waals surface area (Å²) in [6, 6.07) is 7.94. The number of anilines is 2. The molecule has 10 heteroatoms. The number of fused-ring (bicyclic) bond motifs is 1. The quantitative estimate of drug-likeness (QED) is 0.498. The molecular weight excluding hydrogens is 459 g/mol. The van der Waals surface area contributed by atoms with Crippen molar-refractivity contribution in [2.75, 3.05) is 31.5 Å². The van der Waals surface area contributed by atoms with Crippen molar-refractivity contribution in [1.29, 1.82) is 0 Å². The fourth-order valence-corrected chi connectivity index (χ4v) is 4.37. The second-order valence-electron chi connectivity index (χ2n) is 8.23. The number of halogens is 1. The lowest BCUT2D eigenvalue weighted by Gasteiger charge is -2.29. The molecule has 0 spiro atoms. The average Bonchev–Trinajstić information content (AvgIpc) is 2.75. The number of hydrogen-bond acceptors (Lipinski definition) is 8. The Morgan fingerprint density at radius 1 is 1.21 bits per heavy atom. The standard InChI is InChI=1S/C23H27FN4O4S.CH4/c1-14-9-16(28-33(3,4)29)11-19-22(14)23(26-13-25-19)27-18-7-5-15(24)10-20(18)32-17-6-8-21(30-2)31-12-17;/h5,7,9-11,13,17,21H,6,8,12H2,1-4H3,(H,25,26,27);1H4/t17-,21+;/m1./s1. The Labute approximate surface area is 200 Å². The van der Waals surface area contributed by atoms with Crippen LogP contribution in [0.5, 0.6) is 5.75 Å². The van der Waals surface area contributed by atoms with Crippen molar-refractivity contribution in [2.24, 2.45) is 4.36 Å². The van der Waals surface area contributed by atoms with Gasteiger partial charge in [0, 0.05) is 47.2 Å². The minimum atomic E-state index is -2.30. The number of aryl methyl sites for hydroxylation is 1. The van der Waals surface area contributed by atoms with E-state index in [9.17, 15) is 8.60 Å². The largest absolute Gasteiger partial charge is 0.486 e. The van der Waals surface area contributed by atoms with Crippen molar-refractivity contribution in [3.63, 3.8) is 0 Å². The summed E-state index contributed by atoms with van der Waals surface area (Å²) in [7, 11) is -0.699. The lowest BCUT2D eigenvalue weighted by Crippen LogP contribution is -2.34. The summed E-state index contributed by atoms with van der Waals surface area (Å²) >= 11 is 0. The van der Waals surface area contributed by atoms with E-state index in [1.54, 1.807) is 31.8 Å². The van der Waals surface area contributed by atoms with Gasteiger partial charge in [-0.15, -0.1) is 0 Å². The third-order valence-electron chi connectivity index (χ3n) is 5.19. The van der Waals surface area contributed by atoms with E-state index in [-0.39, 0.29) is 19.8 Å². The number of aromatic nitrogens is 2. The van der Waals surface area contributed by atoms with Gasteiger partial charge in [-0.2, -0.15) is 4.36 Å². The zero-order valence-corrected chi connectivity index (χ0v) is 19.8. The highest BCUT2D eigenvalue weighted by atomic mass is 32.2. The fraction of sp³-hybridized carbons (Fsp3) is 0.417. The van der Waals surface area contributed by atoms with E-state index in [1.807, 2.05) is 13.0 Å². The van der Waals surface area contributed by atoms with E-state index in [1.165, 1.54) is 18.5 Å². The Hall–Kier alpha value is -2.82. The molecule has 0 unspecified atom stereocenters. The third kappa shape index (κ3) is 6.19. The SMILES string of the molecule is C.CO[C@@H]1CC[C@@H](Oc2cc(F)ccc2Nc2ncnc3cc(N=S(C)(C)=O)cc(C)c23)CO1. The molecule has 1 aromatic heterocycles. The zero-order chi connectivity index (χ0) is 23.6. The molecule has 2 atom stereocenters. The summed E-state index contributed by atoms with van der Waals surface area (Å²) in [5, 5.41) is 4.05. The van der Waals surface area contributed by atoms with Crippen LogP contribution in [0.4, 0.5) is 21.6 Å². The molecule has 4 rings (SSSR count). The minimum Gasteiger partial charge on any atom is -0.486 e. The molecule has 2 heterocycles. The second-order valence-corrected chi connectivity index (χ2v) is 10.8. The first-order chi connectivity index (χ1) is 15.7. The fourth-order valence-electron chi connectivity index (χ4n) is 3.76.